The zero-order chi connectivity index (χ0) is 21.0. The maximum Gasteiger partial charge on any atom is 0.0585 e. The van der Waals surface area contributed by atoms with Crippen molar-refractivity contribution in [2.75, 3.05) is 0 Å². The van der Waals surface area contributed by atoms with Crippen LogP contribution in [0.1, 0.15) is 98.8 Å². The predicted molar refractivity (Wildman–Crippen MR) is 120 cm³/mol. The van der Waals surface area contributed by atoms with Crippen molar-refractivity contribution in [2.45, 2.75) is 111 Å². The molecule has 166 valence electrons. The van der Waals surface area contributed by atoms with E-state index >= 15 is 0 Å². The van der Waals surface area contributed by atoms with Crippen LogP contribution in [-0.4, -0.2) is 22.4 Å². The molecule has 0 unspecified atom stereocenters. The third-order valence-electron chi connectivity index (χ3n) is 10.2. The molecular formula is C27H46O2. The van der Waals surface area contributed by atoms with Crippen molar-refractivity contribution in [3.05, 3.63) is 11.6 Å². The van der Waals surface area contributed by atoms with E-state index in [1.165, 1.54) is 37.7 Å². The minimum atomic E-state index is -0.173. The fraction of sp³-hybridized carbons (Fsp3) is 0.926. The number of hydrogen-bond donors (Lipinski definition) is 2. The number of aliphatic hydroxyl groups is 2. The lowest BCUT2D eigenvalue weighted by atomic mass is 9.46. The highest BCUT2D eigenvalue weighted by atomic mass is 16.3. The van der Waals surface area contributed by atoms with E-state index in [4.69, 9.17) is 0 Å². The van der Waals surface area contributed by atoms with Crippen LogP contribution >= 0.6 is 0 Å². The zero-order valence-electron chi connectivity index (χ0n) is 19.7. The van der Waals surface area contributed by atoms with Gasteiger partial charge in [-0.2, -0.15) is 0 Å². The molecule has 0 saturated heterocycles. The van der Waals surface area contributed by atoms with Gasteiger partial charge in [0, 0.05) is 0 Å². The summed E-state index contributed by atoms with van der Waals surface area (Å²) in [5, 5.41) is 21.8. The molecule has 0 spiro atoms. The molecule has 29 heavy (non-hydrogen) atoms. The molecule has 4 aliphatic rings. The highest BCUT2D eigenvalue weighted by Crippen LogP contribution is 2.67. The second-order valence-electron chi connectivity index (χ2n) is 12.3. The Hall–Kier alpha value is -0.340. The van der Waals surface area contributed by atoms with Gasteiger partial charge in [-0.1, -0.05) is 65.5 Å². The van der Waals surface area contributed by atoms with E-state index in [1.807, 2.05) is 0 Å². The van der Waals surface area contributed by atoms with Crippen LogP contribution in [0.3, 0.4) is 0 Å². The Labute approximate surface area is 179 Å². The number of aliphatic hydroxyl groups excluding tert-OH is 2. The van der Waals surface area contributed by atoms with Gasteiger partial charge < -0.3 is 10.2 Å². The van der Waals surface area contributed by atoms with E-state index in [2.05, 4.69) is 40.7 Å². The van der Waals surface area contributed by atoms with Crippen LogP contribution in [-0.2, 0) is 0 Å². The number of hydrogen-bond acceptors (Lipinski definition) is 2. The van der Waals surface area contributed by atoms with Crippen molar-refractivity contribution in [1.29, 1.82) is 0 Å². The smallest absolute Gasteiger partial charge is 0.0585 e. The fourth-order valence-corrected chi connectivity index (χ4v) is 8.80. The highest BCUT2D eigenvalue weighted by molar-refractivity contribution is 5.26. The van der Waals surface area contributed by atoms with Crippen molar-refractivity contribution >= 4 is 0 Å². The minimum Gasteiger partial charge on any atom is -0.393 e. The van der Waals surface area contributed by atoms with Gasteiger partial charge in [0.2, 0.25) is 0 Å². The molecule has 0 bridgehead atoms. The summed E-state index contributed by atoms with van der Waals surface area (Å²) < 4.78 is 0. The van der Waals surface area contributed by atoms with Gasteiger partial charge in [-0.3, -0.25) is 0 Å². The summed E-state index contributed by atoms with van der Waals surface area (Å²) in [5.74, 6) is 4.19. The first-order valence-corrected chi connectivity index (χ1v) is 12.7. The topological polar surface area (TPSA) is 40.5 Å². The summed E-state index contributed by atoms with van der Waals surface area (Å²) in [4.78, 5) is 0. The molecule has 2 N–H and O–H groups in total. The maximum absolute atomic E-state index is 11.5. The number of allylic oxidation sites excluding steroid dienone is 1. The Kier molecular flexibility index (Phi) is 6.01. The van der Waals surface area contributed by atoms with E-state index in [-0.39, 0.29) is 17.6 Å². The molecule has 3 fully saturated rings. The van der Waals surface area contributed by atoms with Crippen LogP contribution in [0.5, 0.6) is 0 Å². The Morgan fingerprint density at radius 2 is 1.83 bits per heavy atom. The molecule has 4 aliphatic carbocycles. The van der Waals surface area contributed by atoms with Gasteiger partial charge >= 0.3 is 0 Å². The largest absolute Gasteiger partial charge is 0.393 e. The summed E-state index contributed by atoms with van der Waals surface area (Å²) in [5.41, 5.74) is 1.88. The van der Waals surface area contributed by atoms with Gasteiger partial charge in [0.05, 0.1) is 12.2 Å². The minimum absolute atomic E-state index is 0.115. The molecule has 2 heteroatoms. The fourth-order valence-electron chi connectivity index (χ4n) is 8.80. The van der Waals surface area contributed by atoms with Crippen LogP contribution in [0.2, 0.25) is 0 Å². The first kappa shape index (κ1) is 21.9. The molecule has 2 nitrogen and oxygen atoms in total. The van der Waals surface area contributed by atoms with Crippen molar-refractivity contribution in [2.24, 2.45) is 46.3 Å². The molecule has 0 radical (unpaired) electrons. The second kappa shape index (κ2) is 7.97. The van der Waals surface area contributed by atoms with Crippen LogP contribution < -0.4 is 0 Å². The highest BCUT2D eigenvalue weighted by Gasteiger charge is 2.61. The molecule has 4 rings (SSSR count). The lowest BCUT2D eigenvalue weighted by Crippen LogP contribution is -2.56. The Balaban J connectivity index is 1.54. The van der Waals surface area contributed by atoms with Crippen molar-refractivity contribution in [3.63, 3.8) is 0 Å². The van der Waals surface area contributed by atoms with Crippen LogP contribution in [0.15, 0.2) is 11.6 Å². The Morgan fingerprint density at radius 1 is 1.07 bits per heavy atom. The van der Waals surface area contributed by atoms with Crippen LogP contribution in [0.25, 0.3) is 0 Å². The molecule has 0 aromatic heterocycles. The van der Waals surface area contributed by atoms with Gasteiger partial charge in [-0.25, -0.2) is 0 Å². The molecule has 0 aromatic carbocycles. The Bertz CT molecular complexity index is 624. The summed E-state index contributed by atoms with van der Waals surface area (Å²) >= 11 is 0. The molecule has 0 heterocycles. The van der Waals surface area contributed by atoms with Crippen LogP contribution in [0.4, 0.5) is 0 Å². The molecule has 3 saturated carbocycles. The SMILES string of the molecule is CC(C)CCC[C@@H](C)[C@H]1CC[C@H]2[C@@H]3CC=C4C[C@@H](O)CC[C@]4(C)[C@H]3[C@@H](O)C[C@]12C. The molecule has 0 amide bonds. The molecule has 0 aliphatic heterocycles. The van der Waals surface area contributed by atoms with E-state index < -0.39 is 0 Å². The third kappa shape index (κ3) is 3.65. The Morgan fingerprint density at radius 3 is 2.55 bits per heavy atom. The first-order chi connectivity index (χ1) is 13.7. The van der Waals surface area contributed by atoms with Gasteiger partial charge in [-0.15, -0.1) is 0 Å². The monoisotopic (exact) mass is 402 g/mol. The van der Waals surface area contributed by atoms with Crippen molar-refractivity contribution in [3.8, 4) is 0 Å². The van der Waals surface area contributed by atoms with Crippen molar-refractivity contribution < 1.29 is 10.2 Å². The number of fused-ring (bicyclic) bond motifs is 5. The molecule has 9 atom stereocenters. The second-order valence-corrected chi connectivity index (χ2v) is 12.3. The lowest BCUT2D eigenvalue weighted by molar-refractivity contribution is -0.129. The van der Waals surface area contributed by atoms with Crippen LogP contribution in [0, 0.1) is 46.3 Å². The summed E-state index contributed by atoms with van der Waals surface area (Å²) in [7, 11) is 0. The summed E-state index contributed by atoms with van der Waals surface area (Å²) in [6.07, 6.45) is 13.9. The van der Waals surface area contributed by atoms with Gasteiger partial charge in [-0.05, 0) is 91.3 Å². The third-order valence-corrected chi connectivity index (χ3v) is 10.2. The molecule has 0 aromatic rings. The first-order valence-electron chi connectivity index (χ1n) is 12.7. The van der Waals surface area contributed by atoms with E-state index in [0.29, 0.717) is 17.3 Å². The van der Waals surface area contributed by atoms with E-state index in [0.717, 1.165) is 55.8 Å². The lowest BCUT2D eigenvalue weighted by Gasteiger charge is -2.60. The average Bonchev–Trinajstić information content (AvgIpc) is 2.98. The van der Waals surface area contributed by atoms with E-state index in [9.17, 15) is 10.2 Å². The standard InChI is InChI=1S/C27H46O2/c1-17(2)7-6-8-18(3)22-11-12-23-21-10-9-19-15-20(28)13-14-26(19,4)25(21)24(29)16-27(22,23)5/h9,17-18,20-25,28-29H,6-8,10-16H2,1-5H3/t18-,20+,21+,22-,23+,24+,25-,26+,27-/m1/s1. The summed E-state index contributed by atoms with van der Waals surface area (Å²) in [6, 6.07) is 0. The van der Waals surface area contributed by atoms with E-state index in [1.54, 1.807) is 0 Å². The van der Waals surface area contributed by atoms with Crippen molar-refractivity contribution in [1.82, 2.24) is 0 Å². The molecular weight excluding hydrogens is 356 g/mol. The maximum atomic E-state index is 11.5. The zero-order valence-corrected chi connectivity index (χ0v) is 19.7. The normalized spacial score (nSPS) is 47.9. The number of rotatable bonds is 5. The van der Waals surface area contributed by atoms with Gasteiger partial charge in [0.15, 0.2) is 0 Å². The quantitative estimate of drug-likeness (QED) is 0.525. The van der Waals surface area contributed by atoms with Gasteiger partial charge in [0.1, 0.15) is 0 Å². The predicted octanol–water partition coefficient (Wildman–Crippen LogP) is 6.36. The average molecular weight is 403 g/mol. The summed E-state index contributed by atoms with van der Waals surface area (Å²) in [6.45, 7) is 12.1. The van der Waals surface area contributed by atoms with Gasteiger partial charge in [0.25, 0.3) is 0 Å².